The Labute approximate surface area is 219 Å². The number of carbonyl (C=O) groups is 2. The van der Waals surface area contributed by atoms with Gasteiger partial charge in [0.1, 0.15) is 17.3 Å². The molecule has 1 saturated heterocycles. The number of para-hydroxylation sites is 1. The van der Waals surface area contributed by atoms with Gasteiger partial charge in [0.25, 0.3) is 5.69 Å². The first-order valence-corrected chi connectivity index (χ1v) is 13.1. The van der Waals surface area contributed by atoms with E-state index in [1.165, 1.54) is 17.4 Å². The number of thiazole rings is 1. The number of piperidine rings is 1. The van der Waals surface area contributed by atoms with Crippen molar-refractivity contribution in [3.63, 3.8) is 0 Å². The van der Waals surface area contributed by atoms with E-state index in [9.17, 15) is 19.7 Å². The minimum atomic E-state index is -0.665. The Morgan fingerprint density at radius 3 is 2.62 bits per heavy atom. The Morgan fingerprint density at radius 1 is 1.19 bits per heavy atom. The largest absolute Gasteiger partial charge is 0.456 e. The van der Waals surface area contributed by atoms with Crippen molar-refractivity contribution in [1.82, 2.24) is 4.98 Å². The highest BCUT2D eigenvalue weighted by atomic mass is 32.1. The normalized spacial score (nSPS) is 17.3. The highest BCUT2D eigenvalue weighted by Crippen LogP contribution is 2.34. The average molecular weight is 523 g/mol. The fourth-order valence-electron chi connectivity index (χ4n) is 4.69. The van der Waals surface area contributed by atoms with E-state index in [1.807, 2.05) is 36.1 Å². The molecule has 37 heavy (non-hydrogen) atoms. The van der Waals surface area contributed by atoms with E-state index in [0.717, 1.165) is 30.8 Å². The van der Waals surface area contributed by atoms with Crippen LogP contribution in [0.4, 0.5) is 17.1 Å². The van der Waals surface area contributed by atoms with Crippen molar-refractivity contribution in [2.75, 3.05) is 23.3 Å². The lowest BCUT2D eigenvalue weighted by Gasteiger charge is -2.36. The van der Waals surface area contributed by atoms with Crippen LogP contribution in [-0.4, -0.2) is 34.9 Å². The number of anilines is 2. The van der Waals surface area contributed by atoms with Gasteiger partial charge in [-0.05, 0) is 48.9 Å². The molecule has 0 radical (unpaired) electrons. The van der Waals surface area contributed by atoms with E-state index < -0.39 is 10.9 Å². The number of nitrogens with zero attached hydrogens (tertiary/aromatic N) is 3. The molecule has 1 aliphatic rings. The predicted molar refractivity (Wildman–Crippen MR) is 143 cm³/mol. The molecule has 2 atom stereocenters. The highest BCUT2D eigenvalue weighted by molar-refractivity contribution is 7.09. The van der Waals surface area contributed by atoms with Crippen LogP contribution in [0.1, 0.15) is 46.9 Å². The minimum Gasteiger partial charge on any atom is -0.456 e. The maximum atomic E-state index is 12.7. The molecule has 2 aromatic carbocycles. The standard InChI is InChI=1S/C27H30N4O5S/c1-17-10-18(2)14-30(13-17)23-9-8-20(11-24(23)31(34)35)27(33)36-15-21-16-37-26(28-21)12-25(32)29-22-7-5-4-6-19(22)3/h4-9,11,16-18H,10,12-15H2,1-3H3,(H,29,32). The van der Waals surface area contributed by atoms with E-state index in [-0.39, 0.29) is 30.2 Å². The van der Waals surface area contributed by atoms with Crippen LogP contribution in [0.25, 0.3) is 0 Å². The maximum absolute atomic E-state index is 12.7. The summed E-state index contributed by atoms with van der Waals surface area (Å²) in [6.07, 6.45) is 1.19. The van der Waals surface area contributed by atoms with Crippen LogP contribution < -0.4 is 10.2 Å². The number of amides is 1. The van der Waals surface area contributed by atoms with E-state index in [1.54, 1.807) is 17.5 Å². The van der Waals surface area contributed by atoms with Crippen LogP contribution in [-0.2, 0) is 22.6 Å². The molecule has 10 heteroatoms. The first-order valence-electron chi connectivity index (χ1n) is 12.2. The second-order valence-electron chi connectivity index (χ2n) is 9.66. The molecule has 0 spiro atoms. The molecule has 1 N–H and O–H groups in total. The fraction of sp³-hybridized carbons (Fsp3) is 0.370. The smallest absolute Gasteiger partial charge is 0.338 e. The number of nitro groups is 1. The number of ether oxygens (including phenoxy) is 1. The SMILES string of the molecule is Cc1ccccc1NC(=O)Cc1nc(COC(=O)c2ccc(N3CC(C)CC(C)C3)c([N+](=O)[O-])c2)cs1. The molecule has 194 valence electrons. The summed E-state index contributed by atoms with van der Waals surface area (Å²) < 4.78 is 5.37. The zero-order valence-corrected chi connectivity index (χ0v) is 21.9. The van der Waals surface area contributed by atoms with E-state index in [2.05, 4.69) is 24.1 Å². The van der Waals surface area contributed by atoms with E-state index in [0.29, 0.717) is 28.2 Å². The van der Waals surface area contributed by atoms with Gasteiger partial charge in [-0.3, -0.25) is 14.9 Å². The molecule has 2 unspecified atom stereocenters. The van der Waals surface area contributed by atoms with Gasteiger partial charge in [-0.25, -0.2) is 9.78 Å². The van der Waals surface area contributed by atoms with Gasteiger partial charge in [-0.1, -0.05) is 32.0 Å². The summed E-state index contributed by atoms with van der Waals surface area (Å²) in [4.78, 5) is 42.8. The van der Waals surface area contributed by atoms with Gasteiger partial charge in [-0.2, -0.15) is 0 Å². The summed E-state index contributed by atoms with van der Waals surface area (Å²) in [5.74, 6) is 0.0213. The highest BCUT2D eigenvalue weighted by Gasteiger charge is 2.28. The quantitative estimate of drug-likeness (QED) is 0.240. The number of benzene rings is 2. The molecule has 0 saturated carbocycles. The summed E-state index contributed by atoms with van der Waals surface area (Å²) in [5, 5.41) is 17.0. The van der Waals surface area contributed by atoms with Crippen molar-refractivity contribution in [2.24, 2.45) is 11.8 Å². The number of rotatable bonds is 8. The number of hydrogen-bond acceptors (Lipinski definition) is 8. The van der Waals surface area contributed by atoms with Crippen LogP contribution in [0.5, 0.6) is 0 Å². The van der Waals surface area contributed by atoms with Crippen molar-refractivity contribution < 1.29 is 19.2 Å². The predicted octanol–water partition coefficient (Wildman–Crippen LogP) is 5.38. The van der Waals surface area contributed by atoms with Gasteiger partial charge in [0.2, 0.25) is 5.91 Å². The second kappa shape index (κ2) is 11.5. The summed E-state index contributed by atoms with van der Waals surface area (Å²) in [7, 11) is 0. The topological polar surface area (TPSA) is 115 Å². The second-order valence-corrected chi connectivity index (χ2v) is 10.6. The number of aryl methyl sites for hydroxylation is 1. The number of hydrogen-bond donors (Lipinski definition) is 1. The first kappa shape index (κ1) is 26.3. The number of nitro benzene ring substituents is 1. The average Bonchev–Trinajstić information content (AvgIpc) is 3.30. The van der Waals surface area contributed by atoms with Gasteiger partial charge in [-0.15, -0.1) is 11.3 Å². The van der Waals surface area contributed by atoms with Crippen molar-refractivity contribution >= 4 is 40.3 Å². The Kier molecular flexibility index (Phi) is 8.17. The fourth-order valence-corrected chi connectivity index (χ4v) is 5.47. The summed E-state index contributed by atoms with van der Waals surface area (Å²) >= 11 is 1.31. The Hall–Kier alpha value is -3.79. The van der Waals surface area contributed by atoms with Crippen molar-refractivity contribution in [1.29, 1.82) is 0 Å². The molecule has 4 rings (SSSR count). The molecule has 2 heterocycles. The zero-order chi connectivity index (χ0) is 26.5. The number of nitrogens with one attached hydrogen (secondary N) is 1. The van der Waals surface area contributed by atoms with Gasteiger partial charge in [0, 0.05) is 30.2 Å². The van der Waals surface area contributed by atoms with Crippen LogP contribution in [0.3, 0.4) is 0 Å². The summed E-state index contributed by atoms with van der Waals surface area (Å²) in [5.41, 5.74) is 2.76. The Bertz CT molecular complexity index is 1300. The molecule has 0 aliphatic carbocycles. The number of carbonyl (C=O) groups excluding carboxylic acids is 2. The lowest BCUT2D eigenvalue weighted by Crippen LogP contribution is -2.39. The number of aromatic nitrogens is 1. The monoisotopic (exact) mass is 522 g/mol. The molecule has 9 nitrogen and oxygen atoms in total. The third kappa shape index (κ3) is 6.71. The van der Waals surface area contributed by atoms with Gasteiger partial charge >= 0.3 is 5.97 Å². The van der Waals surface area contributed by atoms with Crippen LogP contribution >= 0.6 is 11.3 Å². The summed E-state index contributed by atoms with van der Waals surface area (Å²) in [6.45, 7) is 7.59. The molecule has 1 aromatic heterocycles. The Morgan fingerprint density at radius 2 is 1.92 bits per heavy atom. The third-order valence-electron chi connectivity index (χ3n) is 6.30. The zero-order valence-electron chi connectivity index (χ0n) is 21.1. The lowest BCUT2D eigenvalue weighted by molar-refractivity contribution is -0.384. The molecule has 0 bridgehead atoms. The van der Waals surface area contributed by atoms with E-state index in [4.69, 9.17) is 4.74 Å². The first-order chi connectivity index (χ1) is 17.7. The van der Waals surface area contributed by atoms with Crippen molar-refractivity contribution in [3.05, 3.63) is 79.8 Å². The molecular formula is C27H30N4O5S. The van der Waals surface area contributed by atoms with Crippen LogP contribution in [0, 0.1) is 28.9 Å². The van der Waals surface area contributed by atoms with Crippen LogP contribution in [0.15, 0.2) is 47.8 Å². The minimum absolute atomic E-state index is 0.0918. The maximum Gasteiger partial charge on any atom is 0.338 e. The van der Waals surface area contributed by atoms with Gasteiger partial charge in [0.15, 0.2) is 0 Å². The van der Waals surface area contributed by atoms with Gasteiger partial charge < -0.3 is 15.0 Å². The molecule has 1 aliphatic heterocycles. The van der Waals surface area contributed by atoms with Gasteiger partial charge in [0.05, 0.1) is 22.6 Å². The van der Waals surface area contributed by atoms with E-state index >= 15 is 0 Å². The third-order valence-corrected chi connectivity index (χ3v) is 7.20. The van der Waals surface area contributed by atoms with Crippen LogP contribution in [0.2, 0.25) is 0 Å². The molecule has 1 fully saturated rings. The molecule has 3 aromatic rings. The van der Waals surface area contributed by atoms with Crippen molar-refractivity contribution in [2.45, 2.75) is 40.2 Å². The summed E-state index contributed by atoms with van der Waals surface area (Å²) in [6, 6.07) is 12.0. The van der Waals surface area contributed by atoms with Crippen molar-refractivity contribution in [3.8, 4) is 0 Å². The number of esters is 1. The lowest BCUT2D eigenvalue weighted by atomic mass is 9.91. The Balaban J connectivity index is 1.36. The molecule has 1 amide bonds. The molecular weight excluding hydrogens is 492 g/mol.